The number of thiophene rings is 2. The van der Waals surface area contributed by atoms with Crippen molar-refractivity contribution in [1.82, 2.24) is 14.9 Å². The van der Waals surface area contributed by atoms with Gasteiger partial charge in [-0.1, -0.05) is 31.7 Å². The van der Waals surface area contributed by atoms with Crippen LogP contribution in [0.4, 0.5) is 4.79 Å². The molecule has 3 aromatic rings. The fraction of sp³-hybridized carbons (Fsp3) is 0.294. The van der Waals surface area contributed by atoms with Crippen molar-refractivity contribution in [2.24, 2.45) is 18.7 Å². The summed E-state index contributed by atoms with van der Waals surface area (Å²) in [5.41, 5.74) is 5.77. The second kappa shape index (κ2) is 7.83. The van der Waals surface area contributed by atoms with E-state index in [0.717, 1.165) is 22.2 Å². The summed E-state index contributed by atoms with van der Waals surface area (Å²) in [4.78, 5) is 42.5. The van der Waals surface area contributed by atoms with Gasteiger partial charge in [-0.3, -0.25) is 19.5 Å². The van der Waals surface area contributed by atoms with E-state index < -0.39 is 17.2 Å². The Bertz CT molecular complexity index is 1050. The van der Waals surface area contributed by atoms with Crippen LogP contribution in [0.5, 0.6) is 0 Å². The number of nitrogens with one attached hydrogen (secondary N) is 1. The van der Waals surface area contributed by atoms with Gasteiger partial charge in [-0.2, -0.15) is 0 Å². The molecule has 142 valence electrons. The van der Waals surface area contributed by atoms with Gasteiger partial charge in [0.25, 0.3) is 5.56 Å². The first-order chi connectivity index (χ1) is 12.8. The summed E-state index contributed by atoms with van der Waals surface area (Å²) in [7, 11) is 1.64. The molecular formula is C17H18N4O3S3. The van der Waals surface area contributed by atoms with E-state index in [0.29, 0.717) is 15.4 Å². The molecule has 0 aliphatic rings. The van der Waals surface area contributed by atoms with Crippen molar-refractivity contribution in [1.29, 1.82) is 0 Å². The molecular weight excluding hydrogens is 404 g/mol. The number of carbonyl (C=O) groups excluding carboxylic acids is 2. The number of rotatable bonds is 5. The first kappa shape index (κ1) is 19.6. The largest absolute Gasteiger partial charge is 0.351 e. The summed E-state index contributed by atoms with van der Waals surface area (Å²) in [6.07, 6.45) is 0. The van der Waals surface area contributed by atoms with Gasteiger partial charge >= 0.3 is 6.03 Å². The lowest BCUT2D eigenvalue weighted by Gasteiger charge is -2.19. The van der Waals surface area contributed by atoms with E-state index in [1.165, 1.54) is 15.9 Å². The molecule has 3 rings (SSSR count). The number of amides is 3. The molecule has 1 atom stereocenters. The summed E-state index contributed by atoms with van der Waals surface area (Å²) >= 11 is 4.12. The third kappa shape index (κ3) is 3.92. The molecule has 10 heteroatoms. The van der Waals surface area contributed by atoms with E-state index in [2.05, 4.69) is 10.3 Å². The minimum absolute atomic E-state index is 0.0908. The monoisotopic (exact) mass is 422 g/mol. The maximum Gasteiger partial charge on any atom is 0.318 e. The second-order valence-electron chi connectivity index (χ2n) is 6.20. The van der Waals surface area contributed by atoms with Crippen LogP contribution in [0, 0.1) is 5.92 Å². The zero-order valence-electron chi connectivity index (χ0n) is 14.9. The van der Waals surface area contributed by atoms with Crippen LogP contribution in [-0.2, 0) is 11.8 Å². The van der Waals surface area contributed by atoms with E-state index in [4.69, 9.17) is 5.73 Å². The van der Waals surface area contributed by atoms with Crippen molar-refractivity contribution >= 4 is 56.6 Å². The number of carbonyl (C=O) groups is 2. The van der Waals surface area contributed by atoms with Gasteiger partial charge in [0.1, 0.15) is 4.83 Å². The van der Waals surface area contributed by atoms with E-state index in [1.54, 1.807) is 18.4 Å². The van der Waals surface area contributed by atoms with E-state index in [9.17, 15) is 14.4 Å². The Labute approximate surface area is 167 Å². The molecule has 3 aromatic heterocycles. The summed E-state index contributed by atoms with van der Waals surface area (Å²) in [5, 5.41) is 6.40. The van der Waals surface area contributed by atoms with Gasteiger partial charge in [-0.25, -0.2) is 9.78 Å². The summed E-state index contributed by atoms with van der Waals surface area (Å²) < 4.78 is 1.45. The number of hydrogen-bond donors (Lipinski definition) is 2. The van der Waals surface area contributed by atoms with Crippen LogP contribution >= 0.6 is 34.4 Å². The molecule has 0 radical (unpaired) electrons. The van der Waals surface area contributed by atoms with Crippen molar-refractivity contribution in [2.45, 2.75) is 24.3 Å². The molecule has 0 aliphatic carbocycles. The average Bonchev–Trinajstić information content (AvgIpc) is 3.24. The molecule has 0 aliphatic heterocycles. The molecule has 0 saturated heterocycles. The number of nitrogens with two attached hydrogens (primary N) is 1. The lowest BCUT2D eigenvalue weighted by molar-refractivity contribution is -0.120. The molecule has 3 heterocycles. The molecule has 0 fully saturated rings. The van der Waals surface area contributed by atoms with Crippen LogP contribution in [0.3, 0.4) is 0 Å². The highest BCUT2D eigenvalue weighted by Gasteiger charge is 2.27. The fourth-order valence-electron chi connectivity index (χ4n) is 2.57. The summed E-state index contributed by atoms with van der Waals surface area (Å²) in [6, 6.07) is 3.01. The van der Waals surface area contributed by atoms with Crippen LogP contribution in [0.2, 0.25) is 0 Å². The molecule has 1 unspecified atom stereocenters. The van der Waals surface area contributed by atoms with E-state index in [1.807, 2.05) is 36.7 Å². The van der Waals surface area contributed by atoms with Crippen LogP contribution in [0.25, 0.3) is 20.7 Å². The molecule has 0 saturated carbocycles. The topological polar surface area (TPSA) is 107 Å². The first-order valence-corrected chi connectivity index (χ1v) is 10.7. The van der Waals surface area contributed by atoms with Gasteiger partial charge in [-0.05, 0) is 17.4 Å². The second-order valence-corrected chi connectivity index (χ2v) is 9.12. The Balaban J connectivity index is 2.03. The Morgan fingerprint density at radius 3 is 2.67 bits per heavy atom. The third-order valence-electron chi connectivity index (χ3n) is 3.90. The van der Waals surface area contributed by atoms with Crippen LogP contribution in [-0.4, -0.2) is 26.7 Å². The lowest BCUT2D eigenvalue weighted by Crippen LogP contribution is -2.42. The molecule has 7 nitrogen and oxygen atoms in total. The molecule has 27 heavy (non-hydrogen) atoms. The Morgan fingerprint density at radius 2 is 2.07 bits per heavy atom. The zero-order valence-corrected chi connectivity index (χ0v) is 17.3. The SMILES string of the molecule is CC(C)C(Sc1nc2scc(-c3cccs3)c2c(=O)n1C)C(=O)NC(N)=O. The smallest absolute Gasteiger partial charge is 0.318 e. The summed E-state index contributed by atoms with van der Waals surface area (Å²) in [5.74, 6) is -0.589. The predicted octanol–water partition coefficient (Wildman–Crippen LogP) is 3.04. The van der Waals surface area contributed by atoms with Gasteiger partial charge in [0.2, 0.25) is 5.91 Å². The van der Waals surface area contributed by atoms with Gasteiger partial charge in [0, 0.05) is 22.9 Å². The molecule has 3 amide bonds. The highest BCUT2D eigenvalue weighted by molar-refractivity contribution is 8.00. The number of aromatic nitrogens is 2. The highest BCUT2D eigenvalue weighted by atomic mass is 32.2. The number of thioether (sulfide) groups is 1. The average molecular weight is 423 g/mol. The van der Waals surface area contributed by atoms with Gasteiger partial charge in [0.15, 0.2) is 5.16 Å². The van der Waals surface area contributed by atoms with Crippen molar-refractivity contribution in [2.75, 3.05) is 0 Å². The van der Waals surface area contributed by atoms with Gasteiger partial charge < -0.3 is 5.73 Å². The maximum atomic E-state index is 13.0. The number of nitrogens with zero attached hydrogens (tertiary/aromatic N) is 2. The normalized spacial score (nSPS) is 12.4. The Kier molecular flexibility index (Phi) is 5.68. The fourth-order valence-corrected chi connectivity index (χ4v) is 5.43. The van der Waals surface area contributed by atoms with Crippen molar-refractivity contribution in [3.8, 4) is 10.4 Å². The molecule has 3 N–H and O–H groups in total. The minimum atomic E-state index is -0.901. The molecule has 0 spiro atoms. The number of primary amides is 1. The quantitative estimate of drug-likeness (QED) is 0.485. The van der Waals surface area contributed by atoms with Crippen molar-refractivity contribution in [3.05, 3.63) is 33.2 Å². The first-order valence-electron chi connectivity index (χ1n) is 8.08. The third-order valence-corrected chi connectivity index (χ3v) is 7.27. The van der Waals surface area contributed by atoms with Crippen LogP contribution in [0.1, 0.15) is 13.8 Å². The van der Waals surface area contributed by atoms with Crippen molar-refractivity contribution < 1.29 is 9.59 Å². The number of fused-ring (bicyclic) bond motifs is 1. The summed E-state index contributed by atoms with van der Waals surface area (Å²) in [6.45, 7) is 3.71. The molecule has 0 aromatic carbocycles. The minimum Gasteiger partial charge on any atom is -0.351 e. The molecule has 0 bridgehead atoms. The zero-order chi connectivity index (χ0) is 19.7. The Hall–Kier alpha value is -2.17. The van der Waals surface area contributed by atoms with Gasteiger partial charge in [-0.15, -0.1) is 22.7 Å². The predicted molar refractivity (Wildman–Crippen MR) is 110 cm³/mol. The maximum absolute atomic E-state index is 13.0. The number of hydrogen-bond acceptors (Lipinski definition) is 7. The van der Waals surface area contributed by atoms with E-state index in [-0.39, 0.29) is 11.5 Å². The van der Waals surface area contributed by atoms with E-state index >= 15 is 0 Å². The van der Waals surface area contributed by atoms with Crippen LogP contribution in [0.15, 0.2) is 32.8 Å². The van der Waals surface area contributed by atoms with Crippen LogP contribution < -0.4 is 16.6 Å². The highest BCUT2D eigenvalue weighted by Crippen LogP contribution is 2.35. The van der Waals surface area contributed by atoms with Crippen molar-refractivity contribution in [3.63, 3.8) is 0 Å². The lowest BCUT2D eigenvalue weighted by atomic mass is 10.1. The van der Waals surface area contributed by atoms with Gasteiger partial charge in [0.05, 0.1) is 10.6 Å². The number of imide groups is 1. The Morgan fingerprint density at radius 1 is 1.33 bits per heavy atom. The number of urea groups is 1. The standard InChI is InChI=1S/C17H18N4O3S3/c1-8(2)12(13(22)19-16(18)24)27-17-20-14-11(15(23)21(17)3)9(7-26-14)10-5-4-6-25-10/h4-8,12H,1-3H3,(H3,18,19,22,24).